The Labute approximate surface area is 179 Å². The first-order valence-corrected chi connectivity index (χ1v) is 9.76. The lowest BCUT2D eigenvalue weighted by atomic mass is 10.1. The molecule has 1 aliphatic rings. The lowest BCUT2D eigenvalue weighted by Gasteiger charge is -2.18. The number of hydrogen-bond acceptors (Lipinski definition) is 8. The molecule has 0 spiro atoms. The van der Waals surface area contributed by atoms with Crippen molar-refractivity contribution < 1.29 is 38.0 Å². The molecule has 1 heterocycles. The normalized spacial score (nSPS) is 14.4. The van der Waals surface area contributed by atoms with Crippen LogP contribution in [0.25, 0.3) is 10.8 Å². The average Bonchev–Trinajstić information content (AvgIpc) is 3.63. The molecule has 2 aromatic rings. The van der Waals surface area contributed by atoms with Crippen molar-refractivity contribution in [1.29, 1.82) is 0 Å². The van der Waals surface area contributed by atoms with Gasteiger partial charge in [0.2, 0.25) is 0 Å². The van der Waals surface area contributed by atoms with Crippen molar-refractivity contribution in [1.82, 2.24) is 0 Å². The molecule has 1 unspecified atom stereocenters. The van der Waals surface area contributed by atoms with Crippen LogP contribution in [0.2, 0.25) is 0 Å². The fourth-order valence-electron chi connectivity index (χ4n) is 2.71. The summed E-state index contributed by atoms with van der Waals surface area (Å²) in [6.45, 7) is 8.18. The van der Waals surface area contributed by atoms with Gasteiger partial charge in [-0.1, -0.05) is 37.4 Å². The number of benzene rings is 2. The molecule has 2 aromatic carbocycles. The number of ether oxygens (including phenoxy) is 6. The van der Waals surface area contributed by atoms with Gasteiger partial charge in [-0.15, -0.1) is 0 Å². The molecule has 0 aliphatic carbocycles. The van der Waals surface area contributed by atoms with Crippen molar-refractivity contribution in [2.45, 2.75) is 6.10 Å². The SMILES string of the molecule is C=CC(=O)OCCOc1cc(OCC2CO2)c(OCCOC(=O)C=C)c2ccccc12. The Bertz CT molecular complexity index is 948. The van der Waals surface area contributed by atoms with Crippen LogP contribution in [0.15, 0.2) is 55.6 Å². The van der Waals surface area contributed by atoms with E-state index in [-0.39, 0.29) is 32.5 Å². The van der Waals surface area contributed by atoms with Crippen LogP contribution in [-0.2, 0) is 23.8 Å². The molecule has 0 radical (unpaired) electrons. The summed E-state index contributed by atoms with van der Waals surface area (Å²) in [5.74, 6) is 0.514. The van der Waals surface area contributed by atoms with E-state index in [4.69, 9.17) is 28.4 Å². The second-order valence-corrected chi connectivity index (χ2v) is 6.45. The molecular formula is C23H24O8. The van der Waals surface area contributed by atoms with Crippen LogP contribution in [0, 0.1) is 0 Å². The Hall–Kier alpha value is -3.52. The molecule has 8 heteroatoms. The Morgan fingerprint density at radius 3 is 2.13 bits per heavy atom. The summed E-state index contributed by atoms with van der Waals surface area (Å²) in [7, 11) is 0. The first-order valence-electron chi connectivity index (χ1n) is 9.76. The van der Waals surface area contributed by atoms with E-state index >= 15 is 0 Å². The largest absolute Gasteiger partial charge is 0.489 e. The van der Waals surface area contributed by atoms with Crippen LogP contribution in [0.3, 0.4) is 0 Å². The molecule has 31 heavy (non-hydrogen) atoms. The number of epoxide rings is 1. The Kier molecular flexibility index (Phi) is 7.89. The van der Waals surface area contributed by atoms with E-state index in [1.165, 1.54) is 0 Å². The molecule has 3 rings (SSSR count). The topological polar surface area (TPSA) is 92.8 Å². The standard InChI is InChI=1S/C23H24O8/c1-3-21(24)27-10-9-26-19-13-20(31-15-16-14-30-16)23(18-8-6-5-7-17(18)19)29-12-11-28-22(25)4-2/h3-8,13,16H,1-2,9-12,14-15H2. The highest BCUT2D eigenvalue weighted by Gasteiger charge is 2.25. The first kappa shape index (κ1) is 22.2. The molecule has 0 amide bonds. The van der Waals surface area contributed by atoms with Crippen LogP contribution < -0.4 is 14.2 Å². The molecule has 8 nitrogen and oxygen atoms in total. The summed E-state index contributed by atoms with van der Waals surface area (Å²) in [5.41, 5.74) is 0. The van der Waals surface area contributed by atoms with Gasteiger partial charge < -0.3 is 28.4 Å². The zero-order valence-corrected chi connectivity index (χ0v) is 17.0. The van der Waals surface area contributed by atoms with Gasteiger partial charge in [-0.3, -0.25) is 0 Å². The van der Waals surface area contributed by atoms with E-state index in [9.17, 15) is 9.59 Å². The van der Waals surface area contributed by atoms with Crippen LogP contribution in [0.5, 0.6) is 17.2 Å². The van der Waals surface area contributed by atoms with Crippen molar-refractivity contribution in [2.24, 2.45) is 0 Å². The number of esters is 2. The van der Waals surface area contributed by atoms with Gasteiger partial charge in [-0.2, -0.15) is 0 Å². The minimum Gasteiger partial charge on any atom is -0.489 e. The highest BCUT2D eigenvalue weighted by Crippen LogP contribution is 2.42. The van der Waals surface area contributed by atoms with Gasteiger partial charge in [-0.05, 0) is 0 Å². The second kappa shape index (κ2) is 11.0. The lowest BCUT2D eigenvalue weighted by Crippen LogP contribution is -2.13. The second-order valence-electron chi connectivity index (χ2n) is 6.45. The van der Waals surface area contributed by atoms with Gasteiger partial charge in [-0.25, -0.2) is 9.59 Å². The molecule has 164 valence electrons. The van der Waals surface area contributed by atoms with Gasteiger partial charge >= 0.3 is 11.9 Å². The highest BCUT2D eigenvalue weighted by molar-refractivity contribution is 5.95. The zero-order valence-electron chi connectivity index (χ0n) is 17.0. The van der Waals surface area contributed by atoms with Crippen molar-refractivity contribution in [3.8, 4) is 17.2 Å². The van der Waals surface area contributed by atoms with E-state index in [1.807, 2.05) is 24.3 Å². The van der Waals surface area contributed by atoms with Gasteiger partial charge in [0.05, 0.1) is 6.61 Å². The van der Waals surface area contributed by atoms with Gasteiger partial charge in [0.1, 0.15) is 44.9 Å². The molecular weight excluding hydrogens is 404 g/mol. The van der Waals surface area contributed by atoms with Crippen LogP contribution >= 0.6 is 0 Å². The van der Waals surface area contributed by atoms with E-state index in [0.29, 0.717) is 30.5 Å². The predicted molar refractivity (Wildman–Crippen MR) is 112 cm³/mol. The summed E-state index contributed by atoms with van der Waals surface area (Å²) in [4.78, 5) is 22.4. The van der Waals surface area contributed by atoms with E-state index in [1.54, 1.807) is 6.07 Å². The van der Waals surface area contributed by atoms with Crippen LogP contribution in [-0.4, -0.2) is 57.7 Å². The predicted octanol–water partition coefficient (Wildman–Crippen LogP) is 2.83. The molecule has 0 saturated carbocycles. The monoisotopic (exact) mass is 428 g/mol. The molecule has 1 fully saturated rings. The maximum absolute atomic E-state index is 11.2. The highest BCUT2D eigenvalue weighted by atomic mass is 16.6. The Morgan fingerprint density at radius 1 is 0.903 bits per heavy atom. The summed E-state index contributed by atoms with van der Waals surface area (Å²) in [5, 5.41) is 1.57. The third-order valence-corrected chi connectivity index (χ3v) is 4.24. The molecule has 1 aliphatic heterocycles. The maximum Gasteiger partial charge on any atom is 0.330 e. The zero-order chi connectivity index (χ0) is 22.1. The summed E-state index contributed by atoms with van der Waals surface area (Å²) >= 11 is 0. The number of carbonyl (C=O) groups excluding carboxylic acids is 2. The third-order valence-electron chi connectivity index (χ3n) is 4.24. The number of rotatable bonds is 13. The van der Waals surface area contributed by atoms with Crippen molar-refractivity contribution >= 4 is 22.7 Å². The molecule has 0 bridgehead atoms. The number of fused-ring (bicyclic) bond motifs is 1. The van der Waals surface area contributed by atoms with Gasteiger partial charge in [0.15, 0.2) is 11.5 Å². The first-order chi connectivity index (χ1) is 15.1. The minimum atomic E-state index is -0.517. The fourth-order valence-corrected chi connectivity index (χ4v) is 2.71. The van der Waals surface area contributed by atoms with Gasteiger partial charge in [0, 0.05) is 29.0 Å². The number of hydrogen-bond donors (Lipinski definition) is 0. The van der Waals surface area contributed by atoms with Crippen molar-refractivity contribution in [2.75, 3.05) is 39.6 Å². The average molecular weight is 428 g/mol. The third kappa shape index (κ3) is 6.48. The summed E-state index contributed by atoms with van der Waals surface area (Å²) < 4.78 is 32.8. The molecule has 0 aromatic heterocycles. The van der Waals surface area contributed by atoms with E-state index in [2.05, 4.69) is 13.2 Å². The smallest absolute Gasteiger partial charge is 0.330 e. The van der Waals surface area contributed by atoms with E-state index < -0.39 is 11.9 Å². The number of carbonyl (C=O) groups is 2. The fraction of sp³-hybridized carbons (Fsp3) is 0.304. The van der Waals surface area contributed by atoms with Crippen LogP contribution in [0.1, 0.15) is 0 Å². The summed E-state index contributed by atoms with van der Waals surface area (Å²) in [6.07, 6.45) is 2.24. The van der Waals surface area contributed by atoms with Gasteiger partial charge in [0.25, 0.3) is 0 Å². The quantitative estimate of drug-likeness (QED) is 0.208. The molecule has 0 N–H and O–H groups in total. The van der Waals surface area contributed by atoms with Crippen molar-refractivity contribution in [3.63, 3.8) is 0 Å². The molecule has 1 atom stereocenters. The molecule has 1 saturated heterocycles. The Morgan fingerprint density at radius 2 is 1.52 bits per heavy atom. The lowest BCUT2D eigenvalue weighted by molar-refractivity contribution is -0.139. The minimum absolute atomic E-state index is 0.0514. The maximum atomic E-state index is 11.2. The summed E-state index contributed by atoms with van der Waals surface area (Å²) in [6, 6.07) is 9.24. The van der Waals surface area contributed by atoms with Crippen molar-refractivity contribution in [3.05, 3.63) is 55.6 Å². The Balaban J connectivity index is 1.79. The van der Waals surface area contributed by atoms with Crippen LogP contribution in [0.4, 0.5) is 0 Å². The van der Waals surface area contributed by atoms with E-state index in [0.717, 1.165) is 22.9 Å².